The number of carbonyl (C=O) groups is 2. The number of benzene rings is 1. The number of anilines is 1. The molecule has 0 aliphatic heterocycles. The van der Waals surface area contributed by atoms with Gasteiger partial charge in [-0.1, -0.05) is 49.6 Å². The van der Waals surface area contributed by atoms with Crippen molar-refractivity contribution in [3.8, 4) is 11.3 Å². The highest BCUT2D eigenvalue weighted by Gasteiger charge is 2.22. The summed E-state index contributed by atoms with van der Waals surface area (Å²) in [5.41, 5.74) is 2.13. The fourth-order valence-electron chi connectivity index (χ4n) is 3.31. The molecular formula is C21H25N3O2. The number of rotatable bonds is 4. The number of hydrogen-bond donors (Lipinski definition) is 1. The van der Waals surface area contributed by atoms with Crippen molar-refractivity contribution in [3.63, 3.8) is 0 Å². The van der Waals surface area contributed by atoms with Crippen LogP contribution in [0.2, 0.25) is 0 Å². The maximum Gasteiger partial charge on any atom is 0.255 e. The molecule has 2 aromatic rings. The molecule has 1 aliphatic carbocycles. The van der Waals surface area contributed by atoms with Gasteiger partial charge in [0.2, 0.25) is 5.91 Å². The second-order valence-corrected chi connectivity index (χ2v) is 6.82. The monoisotopic (exact) mass is 351 g/mol. The molecule has 136 valence electrons. The number of carbonyl (C=O) groups excluding carboxylic acids is 2. The Balaban J connectivity index is 1.92. The van der Waals surface area contributed by atoms with Crippen molar-refractivity contribution in [3.05, 3.63) is 48.0 Å². The minimum Gasteiger partial charge on any atom is -0.349 e. The van der Waals surface area contributed by atoms with Gasteiger partial charge in [-0.2, -0.15) is 0 Å². The molecule has 1 aromatic heterocycles. The SMILES string of the molecule is CC(=O)N(C)c1nc(-c2ccccc2)ccc1C(=O)NC1CCCCC1. The molecule has 1 aliphatic rings. The molecule has 0 atom stereocenters. The van der Waals surface area contributed by atoms with E-state index in [1.807, 2.05) is 36.4 Å². The molecule has 0 bridgehead atoms. The lowest BCUT2D eigenvalue weighted by molar-refractivity contribution is -0.116. The summed E-state index contributed by atoms with van der Waals surface area (Å²) in [5.74, 6) is 0.0775. The molecule has 0 spiro atoms. The number of amides is 2. The predicted molar refractivity (Wildman–Crippen MR) is 103 cm³/mol. The Morgan fingerprint density at radius 3 is 2.38 bits per heavy atom. The molecule has 2 amide bonds. The van der Waals surface area contributed by atoms with E-state index in [1.165, 1.54) is 18.2 Å². The number of aromatic nitrogens is 1. The van der Waals surface area contributed by atoms with Gasteiger partial charge in [-0.05, 0) is 25.0 Å². The molecule has 0 saturated heterocycles. The average molecular weight is 351 g/mol. The first-order chi connectivity index (χ1) is 12.6. The Bertz CT molecular complexity index is 783. The van der Waals surface area contributed by atoms with Gasteiger partial charge < -0.3 is 5.32 Å². The van der Waals surface area contributed by atoms with Gasteiger partial charge in [0.1, 0.15) is 5.82 Å². The number of hydrogen-bond acceptors (Lipinski definition) is 3. The maximum atomic E-state index is 12.8. The zero-order chi connectivity index (χ0) is 18.5. The highest BCUT2D eigenvalue weighted by Crippen LogP contribution is 2.25. The fourth-order valence-corrected chi connectivity index (χ4v) is 3.31. The van der Waals surface area contributed by atoms with Crippen LogP contribution in [0, 0.1) is 0 Å². The van der Waals surface area contributed by atoms with Crippen molar-refractivity contribution in [2.45, 2.75) is 45.1 Å². The fraction of sp³-hybridized carbons (Fsp3) is 0.381. The van der Waals surface area contributed by atoms with E-state index < -0.39 is 0 Å². The Kier molecular flexibility index (Phi) is 5.66. The largest absolute Gasteiger partial charge is 0.349 e. The molecule has 5 heteroatoms. The smallest absolute Gasteiger partial charge is 0.255 e. The van der Waals surface area contributed by atoms with Crippen molar-refractivity contribution in [2.24, 2.45) is 0 Å². The Morgan fingerprint density at radius 2 is 1.73 bits per heavy atom. The molecule has 1 fully saturated rings. The molecule has 0 radical (unpaired) electrons. The van der Waals surface area contributed by atoms with Crippen LogP contribution in [0.3, 0.4) is 0 Å². The lowest BCUT2D eigenvalue weighted by atomic mass is 9.95. The van der Waals surface area contributed by atoms with Crippen LogP contribution in [0.4, 0.5) is 5.82 Å². The van der Waals surface area contributed by atoms with E-state index in [0.29, 0.717) is 11.4 Å². The van der Waals surface area contributed by atoms with E-state index in [4.69, 9.17) is 0 Å². The molecule has 0 unspecified atom stereocenters. The molecule has 1 heterocycles. The molecule has 3 rings (SSSR count). The first-order valence-corrected chi connectivity index (χ1v) is 9.18. The summed E-state index contributed by atoms with van der Waals surface area (Å²) < 4.78 is 0. The number of nitrogens with one attached hydrogen (secondary N) is 1. The van der Waals surface area contributed by atoms with Crippen LogP contribution in [0.1, 0.15) is 49.4 Å². The summed E-state index contributed by atoms with van der Waals surface area (Å²) in [5, 5.41) is 3.11. The Labute approximate surface area is 154 Å². The van der Waals surface area contributed by atoms with E-state index in [9.17, 15) is 9.59 Å². The van der Waals surface area contributed by atoms with E-state index in [1.54, 1.807) is 13.1 Å². The number of nitrogens with zero attached hydrogens (tertiary/aromatic N) is 2. The van der Waals surface area contributed by atoms with E-state index in [2.05, 4.69) is 10.3 Å². The Hall–Kier alpha value is -2.69. The molecule has 1 aromatic carbocycles. The van der Waals surface area contributed by atoms with E-state index in [0.717, 1.165) is 36.9 Å². The van der Waals surface area contributed by atoms with Crippen molar-refractivity contribution in [1.29, 1.82) is 0 Å². The van der Waals surface area contributed by atoms with Gasteiger partial charge in [-0.25, -0.2) is 4.98 Å². The molecule has 1 N–H and O–H groups in total. The number of pyridine rings is 1. The van der Waals surface area contributed by atoms with Crippen molar-refractivity contribution < 1.29 is 9.59 Å². The van der Waals surface area contributed by atoms with Crippen LogP contribution in [0.15, 0.2) is 42.5 Å². The molecule has 26 heavy (non-hydrogen) atoms. The minimum absolute atomic E-state index is 0.158. The summed E-state index contributed by atoms with van der Waals surface area (Å²) in [6.45, 7) is 1.47. The van der Waals surface area contributed by atoms with Crippen LogP contribution >= 0.6 is 0 Å². The minimum atomic E-state index is -0.160. The summed E-state index contributed by atoms with van der Waals surface area (Å²) in [6.07, 6.45) is 5.56. The van der Waals surface area contributed by atoms with Crippen LogP contribution in [0.25, 0.3) is 11.3 Å². The summed E-state index contributed by atoms with van der Waals surface area (Å²) in [6, 6.07) is 13.6. The summed E-state index contributed by atoms with van der Waals surface area (Å²) >= 11 is 0. The van der Waals surface area contributed by atoms with Crippen LogP contribution in [-0.4, -0.2) is 29.9 Å². The van der Waals surface area contributed by atoms with Gasteiger partial charge in [-0.3, -0.25) is 14.5 Å². The van der Waals surface area contributed by atoms with Gasteiger partial charge in [0.25, 0.3) is 5.91 Å². The highest BCUT2D eigenvalue weighted by atomic mass is 16.2. The van der Waals surface area contributed by atoms with Crippen molar-refractivity contribution in [1.82, 2.24) is 10.3 Å². The second kappa shape index (κ2) is 8.13. The summed E-state index contributed by atoms with van der Waals surface area (Å²) in [4.78, 5) is 30.8. The first-order valence-electron chi connectivity index (χ1n) is 9.18. The maximum absolute atomic E-state index is 12.8. The van der Waals surface area contributed by atoms with E-state index >= 15 is 0 Å². The quantitative estimate of drug-likeness (QED) is 0.911. The first kappa shape index (κ1) is 18.1. The lowest BCUT2D eigenvalue weighted by Gasteiger charge is -2.24. The zero-order valence-corrected chi connectivity index (χ0v) is 15.4. The lowest BCUT2D eigenvalue weighted by Crippen LogP contribution is -2.37. The highest BCUT2D eigenvalue weighted by molar-refractivity contribution is 6.03. The van der Waals surface area contributed by atoms with Gasteiger partial charge in [0.05, 0.1) is 11.3 Å². The van der Waals surface area contributed by atoms with Crippen LogP contribution in [-0.2, 0) is 4.79 Å². The third-order valence-corrected chi connectivity index (χ3v) is 4.92. The Morgan fingerprint density at radius 1 is 1.04 bits per heavy atom. The molecule has 5 nitrogen and oxygen atoms in total. The third-order valence-electron chi connectivity index (χ3n) is 4.92. The summed E-state index contributed by atoms with van der Waals surface area (Å²) in [7, 11) is 1.65. The van der Waals surface area contributed by atoms with Gasteiger partial charge in [-0.15, -0.1) is 0 Å². The zero-order valence-electron chi connectivity index (χ0n) is 15.4. The van der Waals surface area contributed by atoms with Crippen molar-refractivity contribution in [2.75, 3.05) is 11.9 Å². The molecule has 1 saturated carbocycles. The normalized spacial score (nSPS) is 14.7. The predicted octanol–water partition coefficient (Wildman–Crippen LogP) is 3.79. The van der Waals surface area contributed by atoms with Gasteiger partial charge >= 0.3 is 0 Å². The van der Waals surface area contributed by atoms with Gasteiger partial charge in [0, 0.05) is 25.6 Å². The van der Waals surface area contributed by atoms with Gasteiger partial charge in [0.15, 0.2) is 0 Å². The van der Waals surface area contributed by atoms with Crippen LogP contribution in [0.5, 0.6) is 0 Å². The van der Waals surface area contributed by atoms with E-state index in [-0.39, 0.29) is 17.9 Å². The van der Waals surface area contributed by atoms with Crippen LogP contribution < -0.4 is 10.2 Å². The average Bonchev–Trinajstić information content (AvgIpc) is 2.68. The topological polar surface area (TPSA) is 62.3 Å². The molecular weight excluding hydrogens is 326 g/mol. The second-order valence-electron chi connectivity index (χ2n) is 6.82. The standard InChI is InChI=1S/C21H25N3O2/c1-15(25)24(2)20-18(21(26)22-17-11-7-4-8-12-17)13-14-19(23-20)16-9-5-3-6-10-16/h3,5-6,9-10,13-14,17H,4,7-8,11-12H2,1-2H3,(H,22,26). The third kappa shape index (κ3) is 4.10. The van der Waals surface area contributed by atoms with Crippen molar-refractivity contribution >= 4 is 17.6 Å².